The number of nitrogens with zero attached hydrogens (tertiary/aromatic N) is 4. The number of aryl methyl sites for hydroxylation is 1. The molecule has 1 aromatic heterocycles. The molecule has 0 radical (unpaired) electrons. The van der Waals surface area contributed by atoms with Crippen molar-refractivity contribution in [1.29, 1.82) is 0 Å². The third kappa shape index (κ3) is 4.27. The minimum Gasteiger partial charge on any atom is -0.388 e. The van der Waals surface area contributed by atoms with E-state index in [0.29, 0.717) is 31.7 Å². The highest BCUT2D eigenvalue weighted by Gasteiger charge is 2.34. The number of aromatic nitrogens is 2. The minimum absolute atomic E-state index is 0.0118. The number of nitrogens with one attached hydrogen (secondary N) is 1. The molecule has 3 heterocycles. The SMILES string of the molecule is CCc1[nH]nc(C(=O)N2CCC[C@@](O)(CN3CCN(C)CC3)CC2)c1C. The minimum atomic E-state index is -0.694. The maximum absolute atomic E-state index is 12.9. The zero-order valence-electron chi connectivity index (χ0n) is 16.4. The molecule has 0 aromatic carbocycles. The molecule has 0 bridgehead atoms. The average Bonchev–Trinajstić information content (AvgIpc) is 2.88. The molecule has 0 aliphatic carbocycles. The number of hydrogen-bond acceptors (Lipinski definition) is 5. The fourth-order valence-electron chi connectivity index (χ4n) is 4.10. The van der Waals surface area contributed by atoms with Gasteiger partial charge in [-0.1, -0.05) is 6.92 Å². The lowest BCUT2D eigenvalue weighted by molar-refractivity contribution is -0.0179. The van der Waals surface area contributed by atoms with Crippen LogP contribution < -0.4 is 0 Å². The molecule has 2 N–H and O–H groups in total. The molecule has 1 aromatic rings. The lowest BCUT2D eigenvalue weighted by atomic mass is 9.94. The van der Waals surface area contributed by atoms with E-state index in [4.69, 9.17) is 0 Å². The Morgan fingerprint density at radius 1 is 1.19 bits per heavy atom. The van der Waals surface area contributed by atoms with Gasteiger partial charge >= 0.3 is 0 Å². The molecule has 146 valence electrons. The Balaban J connectivity index is 1.60. The number of β-amino-alcohol motifs (C(OH)–C–C–N with tert-alkyl or cyclic N) is 1. The molecule has 7 heteroatoms. The van der Waals surface area contributed by atoms with Crippen LogP contribution >= 0.6 is 0 Å². The van der Waals surface area contributed by atoms with E-state index in [2.05, 4.69) is 34.0 Å². The third-order valence-corrected chi connectivity index (χ3v) is 5.98. The summed E-state index contributed by atoms with van der Waals surface area (Å²) in [5.74, 6) is -0.0118. The molecule has 2 aliphatic rings. The molecule has 0 saturated carbocycles. The Morgan fingerprint density at radius 3 is 2.58 bits per heavy atom. The molecule has 0 unspecified atom stereocenters. The Morgan fingerprint density at radius 2 is 1.92 bits per heavy atom. The van der Waals surface area contributed by atoms with Crippen LogP contribution in [0.15, 0.2) is 0 Å². The second-order valence-corrected chi connectivity index (χ2v) is 7.98. The van der Waals surface area contributed by atoms with Crippen molar-refractivity contribution in [2.75, 3.05) is 52.9 Å². The molecular weight excluding hydrogens is 330 g/mol. The molecule has 2 fully saturated rings. The van der Waals surface area contributed by atoms with Crippen LogP contribution in [0.5, 0.6) is 0 Å². The van der Waals surface area contributed by atoms with Gasteiger partial charge in [0.1, 0.15) is 0 Å². The van der Waals surface area contributed by atoms with Crippen molar-refractivity contribution in [3.05, 3.63) is 17.0 Å². The van der Waals surface area contributed by atoms with Gasteiger partial charge in [0.25, 0.3) is 5.91 Å². The van der Waals surface area contributed by atoms with E-state index in [0.717, 1.165) is 56.7 Å². The zero-order chi connectivity index (χ0) is 18.7. The summed E-state index contributed by atoms with van der Waals surface area (Å²) >= 11 is 0. The summed E-state index contributed by atoms with van der Waals surface area (Å²) in [4.78, 5) is 19.4. The van der Waals surface area contributed by atoms with E-state index in [9.17, 15) is 9.90 Å². The smallest absolute Gasteiger partial charge is 0.274 e. The zero-order valence-corrected chi connectivity index (χ0v) is 16.4. The molecule has 26 heavy (non-hydrogen) atoms. The summed E-state index contributed by atoms with van der Waals surface area (Å²) in [6, 6.07) is 0. The number of H-pyrrole nitrogens is 1. The molecule has 0 spiro atoms. The standard InChI is InChI=1S/C19H33N5O2/c1-4-16-15(2)17(21-20-16)18(25)24-8-5-6-19(26,7-9-24)14-23-12-10-22(3)11-13-23/h26H,4-14H2,1-3H3,(H,20,21)/t19-/m0/s1. The average molecular weight is 364 g/mol. The van der Waals surface area contributed by atoms with Crippen molar-refractivity contribution in [2.45, 2.75) is 45.1 Å². The van der Waals surface area contributed by atoms with E-state index < -0.39 is 5.60 Å². The van der Waals surface area contributed by atoms with Gasteiger partial charge in [-0.3, -0.25) is 14.8 Å². The van der Waals surface area contributed by atoms with Gasteiger partial charge in [0, 0.05) is 57.1 Å². The third-order valence-electron chi connectivity index (χ3n) is 5.98. The molecular formula is C19H33N5O2. The quantitative estimate of drug-likeness (QED) is 0.831. The van der Waals surface area contributed by atoms with E-state index in [-0.39, 0.29) is 5.91 Å². The van der Waals surface area contributed by atoms with Crippen molar-refractivity contribution in [1.82, 2.24) is 24.9 Å². The van der Waals surface area contributed by atoms with Gasteiger partial charge in [-0.15, -0.1) is 0 Å². The van der Waals surface area contributed by atoms with E-state index in [1.54, 1.807) is 0 Å². The maximum atomic E-state index is 12.9. The predicted octanol–water partition coefficient (Wildman–Crippen LogP) is 0.885. The highest BCUT2D eigenvalue weighted by molar-refractivity contribution is 5.93. The molecule has 7 nitrogen and oxygen atoms in total. The number of carbonyl (C=O) groups is 1. The summed E-state index contributed by atoms with van der Waals surface area (Å²) in [5, 5.41) is 18.3. The topological polar surface area (TPSA) is 75.7 Å². The molecule has 2 saturated heterocycles. The highest BCUT2D eigenvalue weighted by atomic mass is 16.3. The van der Waals surface area contributed by atoms with Crippen molar-refractivity contribution >= 4 is 5.91 Å². The molecule has 3 rings (SSSR count). The Hall–Kier alpha value is -1.44. The molecule has 1 amide bonds. The van der Waals surface area contributed by atoms with Crippen LogP contribution in [0.25, 0.3) is 0 Å². The number of likely N-dealkylation sites (N-methyl/N-ethyl adjacent to an activating group) is 1. The van der Waals surface area contributed by atoms with Gasteiger partial charge in [-0.25, -0.2) is 0 Å². The van der Waals surface area contributed by atoms with Crippen LogP contribution in [0.2, 0.25) is 0 Å². The number of rotatable bonds is 4. The van der Waals surface area contributed by atoms with E-state index in [1.807, 2.05) is 11.8 Å². The molecule has 1 atom stereocenters. The summed E-state index contributed by atoms with van der Waals surface area (Å²) in [6.45, 7) is 10.1. The van der Waals surface area contributed by atoms with Crippen LogP contribution in [0, 0.1) is 6.92 Å². The number of aromatic amines is 1. The van der Waals surface area contributed by atoms with Crippen molar-refractivity contribution in [2.24, 2.45) is 0 Å². The number of hydrogen-bond donors (Lipinski definition) is 2. The first-order chi connectivity index (χ1) is 12.4. The van der Waals surface area contributed by atoms with Crippen molar-refractivity contribution in [3.63, 3.8) is 0 Å². The van der Waals surface area contributed by atoms with Crippen LogP contribution in [-0.2, 0) is 6.42 Å². The fourth-order valence-corrected chi connectivity index (χ4v) is 4.10. The first-order valence-corrected chi connectivity index (χ1v) is 9.88. The monoisotopic (exact) mass is 363 g/mol. The van der Waals surface area contributed by atoms with Crippen molar-refractivity contribution < 1.29 is 9.90 Å². The summed E-state index contributed by atoms with van der Waals surface area (Å²) < 4.78 is 0. The van der Waals surface area contributed by atoms with Crippen LogP contribution in [0.1, 0.15) is 47.9 Å². The second-order valence-electron chi connectivity index (χ2n) is 7.98. The van der Waals surface area contributed by atoms with Gasteiger partial charge in [-0.05, 0) is 39.7 Å². The van der Waals surface area contributed by atoms with Crippen LogP contribution in [-0.4, -0.2) is 94.4 Å². The summed E-state index contributed by atoms with van der Waals surface area (Å²) in [5.41, 5.74) is 1.82. The lowest BCUT2D eigenvalue weighted by Crippen LogP contribution is -2.51. The van der Waals surface area contributed by atoms with E-state index >= 15 is 0 Å². The Labute approximate surface area is 156 Å². The number of amides is 1. The highest BCUT2D eigenvalue weighted by Crippen LogP contribution is 2.25. The normalized spacial score (nSPS) is 26.1. The molecule has 2 aliphatic heterocycles. The first kappa shape index (κ1) is 19.3. The number of aliphatic hydroxyl groups is 1. The fraction of sp³-hybridized carbons (Fsp3) is 0.789. The van der Waals surface area contributed by atoms with Gasteiger partial charge < -0.3 is 14.9 Å². The Kier molecular flexibility index (Phi) is 5.99. The number of piperazine rings is 1. The number of likely N-dealkylation sites (tertiary alicyclic amines) is 1. The van der Waals surface area contributed by atoms with Crippen LogP contribution in [0.3, 0.4) is 0 Å². The summed E-state index contributed by atoms with van der Waals surface area (Å²) in [7, 11) is 2.14. The van der Waals surface area contributed by atoms with Gasteiger partial charge in [0.2, 0.25) is 0 Å². The van der Waals surface area contributed by atoms with E-state index in [1.165, 1.54) is 0 Å². The van der Waals surface area contributed by atoms with Gasteiger partial charge in [0.15, 0.2) is 5.69 Å². The first-order valence-electron chi connectivity index (χ1n) is 9.88. The maximum Gasteiger partial charge on any atom is 0.274 e. The van der Waals surface area contributed by atoms with Gasteiger partial charge in [-0.2, -0.15) is 5.10 Å². The lowest BCUT2D eigenvalue weighted by Gasteiger charge is -2.38. The van der Waals surface area contributed by atoms with Gasteiger partial charge in [0.05, 0.1) is 5.60 Å². The Bertz CT molecular complexity index is 623. The predicted molar refractivity (Wildman–Crippen MR) is 101 cm³/mol. The largest absolute Gasteiger partial charge is 0.388 e. The second kappa shape index (κ2) is 8.06. The van der Waals surface area contributed by atoms with Crippen molar-refractivity contribution in [3.8, 4) is 0 Å². The summed E-state index contributed by atoms with van der Waals surface area (Å²) in [6.07, 6.45) is 3.06. The van der Waals surface area contributed by atoms with Crippen LogP contribution in [0.4, 0.5) is 0 Å². The number of carbonyl (C=O) groups excluding carboxylic acids is 1.